The molecule has 8 heteroatoms. The molecule has 0 amide bonds. The quantitative estimate of drug-likeness (QED) is 0.766. The van der Waals surface area contributed by atoms with Gasteiger partial charge in [-0.25, -0.2) is 17.9 Å². The highest BCUT2D eigenvalue weighted by Crippen LogP contribution is 2.16. The standard InChI is InChI=1S/C12H13N3O4S/c1-8(9-3-2-4-13-6-9)15-20(18,19)10-5-11(12(16)17)14-7-10/h2-8,14-15H,1H3,(H,16,17)/t8-/m0/s1. The molecule has 1 atom stereocenters. The van der Waals surface area contributed by atoms with Crippen LogP contribution in [0.1, 0.15) is 29.0 Å². The van der Waals surface area contributed by atoms with Gasteiger partial charge in [-0.15, -0.1) is 0 Å². The van der Waals surface area contributed by atoms with Crippen LogP contribution in [0.5, 0.6) is 0 Å². The van der Waals surface area contributed by atoms with Gasteiger partial charge in [0, 0.05) is 24.6 Å². The molecule has 0 fully saturated rings. The van der Waals surface area contributed by atoms with Crippen molar-refractivity contribution < 1.29 is 18.3 Å². The van der Waals surface area contributed by atoms with Crippen LogP contribution in [0, 0.1) is 0 Å². The summed E-state index contributed by atoms with van der Waals surface area (Å²) < 4.78 is 26.7. The Labute approximate surface area is 115 Å². The third-order valence-corrected chi connectivity index (χ3v) is 4.23. The summed E-state index contributed by atoms with van der Waals surface area (Å²) in [6.45, 7) is 1.68. The number of aromatic amines is 1. The number of carboxylic acids is 1. The third kappa shape index (κ3) is 3.03. The zero-order valence-corrected chi connectivity index (χ0v) is 11.4. The Hall–Kier alpha value is -2.19. The Morgan fingerprint density at radius 3 is 2.80 bits per heavy atom. The summed E-state index contributed by atoms with van der Waals surface area (Å²) in [6, 6.07) is 4.05. The van der Waals surface area contributed by atoms with E-state index in [0.29, 0.717) is 5.56 Å². The molecule has 3 N–H and O–H groups in total. The summed E-state index contributed by atoms with van der Waals surface area (Å²) in [5.41, 5.74) is 0.532. The van der Waals surface area contributed by atoms with E-state index in [-0.39, 0.29) is 10.6 Å². The molecule has 0 aliphatic heterocycles. The predicted molar refractivity (Wildman–Crippen MR) is 70.7 cm³/mol. The number of aromatic nitrogens is 2. The average Bonchev–Trinajstić information content (AvgIpc) is 2.90. The lowest BCUT2D eigenvalue weighted by atomic mass is 10.2. The molecule has 0 unspecified atom stereocenters. The van der Waals surface area contributed by atoms with E-state index in [1.165, 1.54) is 0 Å². The van der Waals surface area contributed by atoms with Gasteiger partial charge in [0.25, 0.3) is 0 Å². The van der Waals surface area contributed by atoms with Crippen molar-refractivity contribution in [1.82, 2.24) is 14.7 Å². The fraction of sp³-hybridized carbons (Fsp3) is 0.167. The van der Waals surface area contributed by atoms with Crippen LogP contribution in [-0.2, 0) is 10.0 Å². The van der Waals surface area contributed by atoms with Gasteiger partial charge in [0.1, 0.15) is 10.6 Å². The summed E-state index contributed by atoms with van der Waals surface area (Å²) in [5.74, 6) is -1.22. The number of aromatic carboxylic acids is 1. The van der Waals surface area contributed by atoms with Crippen LogP contribution < -0.4 is 4.72 Å². The van der Waals surface area contributed by atoms with Gasteiger partial charge in [0.05, 0.1) is 0 Å². The van der Waals surface area contributed by atoms with Crippen LogP contribution in [0.3, 0.4) is 0 Å². The second kappa shape index (κ2) is 5.43. The molecule has 0 saturated heterocycles. The first-order chi connectivity index (χ1) is 9.40. The second-order valence-electron chi connectivity index (χ2n) is 4.18. The first-order valence-corrected chi connectivity index (χ1v) is 7.22. The minimum absolute atomic E-state index is 0.120. The molecule has 2 aromatic heterocycles. The minimum atomic E-state index is -3.79. The Morgan fingerprint density at radius 2 is 2.25 bits per heavy atom. The zero-order chi connectivity index (χ0) is 14.8. The summed E-state index contributed by atoms with van der Waals surface area (Å²) in [6.07, 6.45) is 4.30. The van der Waals surface area contributed by atoms with Crippen LogP contribution in [0.2, 0.25) is 0 Å². The van der Waals surface area contributed by atoms with Crippen LogP contribution >= 0.6 is 0 Å². The number of pyridine rings is 1. The van der Waals surface area contributed by atoms with Crippen molar-refractivity contribution in [3.8, 4) is 0 Å². The maximum absolute atomic E-state index is 12.1. The van der Waals surface area contributed by atoms with E-state index in [4.69, 9.17) is 5.11 Å². The lowest BCUT2D eigenvalue weighted by Gasteiger charge is -2.13. The number of rotatable bonds is 5. The van der Waals surface area contributed by atoms with Gasteiger partial charge in [-0.3, -0.25) is 4.98 Å². The molecule has 7 nitrogen and oxygen atoms in total. The van der Waals surface area contributed by atoms with Crippen molar-refractivity contribution in [2.45, 2.75) is 17.9 Å². The molecular formula is C12H13N3O4S. The van der Waals surface area contributed by atoms with Crippen molar-refractivity contribution in [2.75, 3.05) is 0 Å². The van der Waals surface area contributed by atoms with Crippen molar-refractivity contribution >= 4 is 16.0 Å². The number of hydrogen-bond donors (Lipinski definition) is 3. The summed E-state index contributed by atoms with van der Waals surface area (Å²) >= 11 is 0. The molecular weight excluding hydrogens is 282 g/mol. The second-order valence-corrected chi connectivity index (χ2v) is 5.90. The number of sulfonamides is 1. The normalized spacial score (nSPS) is 13.1. The Balaban J connectivity index is 2.20. The molecule has 20 heavy (non-hydrogen) atoms. The van der Waals surface area contributed by atoms with Gasteiger partial charge in [-0.2, -0.15) is 0 Å². The van der Waals surface area contributed by atoms with Crippen LogP contribution in [-0.4, -0.2) is 29.5 Å². The molecule has 0 bridgehead atoms. The lowest BCUT2D eigenvalue weighted by molar-refractivity contribution is 0.0691. The fourth-order valence-electron chi connectivity index (χ4n) is 1.65. The Kier molecular flexibility index (Phi) is 3.86. The SMILES string of the molecule is C[C@H](NS(=O)(=O)c1c[nH]c(C(=O)O)c1)c1cccnc1. The van der Waals surface area contributed by atoms with E-state index in [2.05, 4.69) is 14.7 Å². The van der Waals surface area contributed by atoms with Crippen molar-refractivity contribution in [3.63, 3.8) is 0 Å². The monoisotopic (exact) mass is 295 g/mol. The average molecular weight is 295 g/mol. The Bertz CT molecular complexity index is 709. The van der Waals surface area contributed by atoms with Gasteiger partial charge in [0.15, 0.2) is 0 Å². The third-order valence-electron chi connectivity index (χ3n) is 2.71. The maximum atomic E-state index is 12.1. The number of H-pyrrole nitrogens is 1. The van der Waals surface area contributed by atoms with Crippen molar-refractivity contribution in [1.29, 1.82) is 0 Å². The van der Waals surface area contributed by atoms with Gasteiger partial charge >= 0.3 is 5.97 Å². The van der Waals surface area contributed by atoms with Crippen LogP contribution in [0.15, 0.2) is 41.7 Å². The molecule has 0 aromatic carbocycles. The summed E-state index contributed by atoms with van der Waals surface area (Å²) in [4.78, 5) is 16.9. The molecule has 0 radical (unpaired) electrons. The number of hydrogen-bond acceptors (Lipinski definition) is 4. The number of nitrogens with zero attached hydrogens (tertiary/aromatic N) is 1. The van der Waals surface area contributed by atoms with Gasteiger partial charge in [-0.05, 0) is 24.6 Å². The topological polar surface area (TPSA) is 112 Å². The molecule has 2 aromatic rings. The predicted octanol–water partition coefficient (Wildman–Crippen LogP) is 1.15. The van der Waals surface area contributed by atoms with Crippen LogP contribution in [0.25, 0.3) is 0 Å². The van der Waals surface area contributed by atoms with E-state index >= 15 is 0 Å². The van der Waals surface area contributed by atoms with E-state index in [1.807, 2.05) is 0 Å². The fourth-order valence-corrected chi connectivity index (χ4v) is 2.88. The molecule has 0 aliphatic rings. The summed E-state index contributed by atoms with van der Waals surface area (Å²) in [5, 5.41) is 8.77. The molecule has 0 spiro atoms. The van der Waals surface area contributed by atoms with Crippen molar-refractivity contribution in [3.05, 3.63) is 48.0 Å². The highest BCUT2D eigenvalue weighted by Gasteiger charge is 2.21. The number of carbonyl (C=O) groups is 1. The Morgan fingerprint density at radius 1 is 1.50 bits per heavy atom. The molecule has 0 aliphatic carbocycles. The smallest absolute Gasteiger partial charge is 0.352 e. The van der Waals surface area contributed by atoms with Crippen molar-refractivity contribution in [2.24, 2.45) is 0 Å². The molecule has 2 rings (SSSR count). The maximum Gasteiger partial charge on any atom is 0.352 e. The molecule has 0 saturated carbocycles. The van der Waals surface area contributed by atoms with E-state index in [9.17, 15) is 13.2 Å². The first kappa shape index (κ1) is 14.2. The highest BCUT2D eigenvalue weighted by molar-refractivity contribution is 7.89. The zero-order valence-electron chi connectivity index (χ0n) is 10.6. The van der Waals surface area contributed by atoms with E-state index in [1.54, 1.807) is 31.5 Å². The minimum Gasteiger partial charge on any atom is -0.477 e. The first-order valence-electron chi connectivity index (χ1n) is 5.74. The molecule has 2 heterocycles. The number of carboxylic acid groups (broad SMARTS) is 1. The van der Waals surface area contributed by atoms with E-state index < -0.39 is 22.0 Å². The largest absolute Gasteiger partial charge is 0.477 e. The van der Waals surface area contributed by atoms with Gasteiger partial charge in [0.2, 0.25) is 10.0 Å². The number of nitrogens with one attached hydrogen (secondary N) is 2. The highest BCUT2D eigenvalue weighted by atomic mass is 32.2. The summed E-state index contributed by atoms with van der Waals surface area (Å²) in [7, 11) is -3.79. The van der Waals surface area contributed by atoms with E-state index in [0.717, 1.165) is 12.3 Å². The van der Waals surface area contributed by atoms with Gasteiger partial charge < -0.3 is 10.1 Å². The van der Waals surface area contributed by atoms with Gasteiger partial charge in [-0.1, -0.05) is 6.07 Å². The molecule has 106 valence electrons. The van der Waals surface area contributed by atoms with Crippen LogP contribution in [0.4, 0.5) is 0 Å². The lowest BCUT2D eigenvalue weighted by Crippen LogP contribution is -2.26.